The van der Waals surface area contributed by atoms with Gasteiger partial charge in [-0.15, -0.1) is 11.3 Å². The second kappa shape index (κ2) is 5.74. The minimum atomic E-state index is -0.271. The van der Waals surface area contributed by atoms with Crippen LogP contribution in [0.1, 0.15) is 38.7 Å². The van der Waals surface area contributed by atoms with E-state index in [1.54, 1.807) is 11.3 Å². The van der Waals surface area contributed by atoms with Gasteiger partial charge < -0.3 is 4.74 Å². The fourth-order valence-electron chi connectivity index (χ4n) is 3.13. The van der Waals surface area contributed by atoms with Crippen LogP contribution >= 0.6 is 11.3 Å². The third kappa shape index (κ3) is 2.61. The zero-order valence-corrected chi connectivity index (χ0v) is 13.7. The van der Waals surface area contributed by atoms with Crippen molar-refractivity contribution in [2.45, 2.75) is 32.8 Å². The average Bonchev–Trinajstić information content (AvgIpc) is 3.18. The number of ether oxygens (including phenoxy) is 1. The number of hydrogen-bond donors (Lipinski definition) is 0. The third-order valence-corrected chi connectivity index (χ3v) is 4.96. The molecule has 0 radical (unpaired) electrons. The smallest absolute Gasteiger partial charge is 0.339 e. The topological polar surface area (TPSA) is 52.1 Å². The van der Waals surface area contributed by atoms with Crippen molar-refractivity contribution < 1.29 is 9.53 Å². The molecule has 0 fully saturated rings. The number of carbonyl (C=O) groups is 1. The molecule has 0 saturated heterocycles. The van der Waals surface area contributed by atoms with Gasteiger partial charge in [0.2, 0.25) is 0 Å². The Labute approximate surface area is 138 Å². The van der Waals surface area contributed by atoms with Crippen LogP contribution in [-0.2, 0) is 24.2 Å². The Balaban J connectivity index is 1.71. The van der Waals surface area contributed by atoms with Crippen molar-refractivity contribution in [2.24, 2.45) is 0 Å². The second-order valence-electron chi connectivity index (χ2n) is 5.72. The standard InChI is InChI=1S/C18H16N2O2S/c1-11-19-12(10-23-11)9-22-18(21)17-13-5-2-3-7-15(13)20-16-8-4-6-14(16)17/h2-3,5,7,10H,4,6,8-9H2,1H3. The number of aryl methyl sites for hydroxylation is 2. The summed E-state index contributed by atoms with van der Waals surface area (Å²) in [7, 11) is 0. The van der Waals surface area contributed by atoms with E-state index < -0.39 is 0 Å². The lowest BCUT2D eigenvalue weighted by Crippen LogP contribution is -2.10. The predicted molar refractivity (Wildman–Crippen MR) is 89.7 cm³/mol. The molecule has 4 rings (SSSR count). The fraction of sp³-hybridized carbons (Fsp3) is 0.278. The van der Waals surface area contributed by atoms with Crippen molar-refractivity contribution in [3.05, 3.63) is 57.2 Å². The van der Waals surface area contributed by atoms with E-state index in [1.165, 1.54) is 0 Å². The number of aromatic nitrogens is 2. The molecule has 0 saturated carbocycles. The van der Waals surface area contributed by atoms with Crippen LogP contribution in [0.15, 0.2) is 29.6 Å². The monoisotopic (exact) mass is 324 g/mol. The molecule has 0 unspecified atom stereocenters. The molecule has 116 valence electrons. The molecular formula is C18H16N2O2S. The minimum absolute atomic E-state index is 0.217. The number of para-hydroxylation sites is 1. The van der Waals surface area contributed by atoms with Crippen LogP contribution in [0.4, 0.5) is 0 Å². The van der Waals surface area contributed by atoms with Crippen molar-refractivity contribution in [3.63, 3.8) is 0 Å². The summed E-state index contributed by atoms with van der Waals surface area (Å²) in [5.41, 5.74) is 4.46. The van der Waals surface area contributed by atoms with E-state index in [-0.39, 0.29) is 12.6 Å². The van der Waals surface area contributed by atoms with E-state index in [4.69, 9.17) is 9.72 Å². The van der Waals surface area contributed by atoms with Crippen molar-refractivity contribution >= 4 is 28.2 Å². The van der Waals surface area contributed by atoms with Crippen molar-refractivity contribution in [2.75, 3.05) is 0 Å². The number of benzene rings is 1. The first-order valence-corrected chi connectivity index (χ1v) is 8.59. The number of carbonyl (C=O) groups excluding carboxylic acids is 1. The number of thiazole rings is 1. The van der Waals surface area contributed by atoms with Gasteiger partial charge in [0.15, 0.2) is 0 Å². The zero-order chi connectivity index (χ0) is 15.8. The van der Waals surface area contributed by atoms with Crippen LogP contribution in [0.3, 0.4) is 0 Å². The Kier molecular flexibility index (Phi) is 3.58. The number of rotatable bonds is 3. The zero-order valence-electron chi connectivity index (χ0n) is 12.8. The number of pyridine rings is 1. The van der Waals surface area contributed by atoms with Gasteiger partial charge in [-0.05, 0) is 37.8 Å². The highest BCUT2D eigenvalue weighted by atomic mass is 32.1. The number of nitrogens with zero attached hydrogens (tertiary/aromatic N) is 2. The first-order valence-electron chi connectivity index (χ1n) is 7.71. The Bertz CT molecular complexity index is 901. The third-order valence-electron chi connectivity index (χ3n) is 4.14. The summed E-state index contributed by atoms with van der Waals surface area (Å²) in [6, 6.07) is 7.79. The predicted octanol–water partition coefficient (Wildman–Crippen LogP) is 3.85. The van der Waals surface area contributed by atoms with Gasteiger partial charge in [0.25, 0.3) is 0 Å². The van der Waals surface area contributed by atoms with Crippen LogP contribution in [0, 0.1) is 6.92 Å². The van der Waals surface area contributed by atoms with E-state index in [9.17, 15) is 4.79 Å². The summed E-state index contributed by atoms with van der Waals surface area (Å²) < 4.78 is 5.54. The lowest BCUT2D eigenvalue weighted by atomic mass is 10.0. The molecule has 5 heteroatoms. The summed E-state index contributed by atoms with van der Waals surface area (Å²) in [6.45, 7) is 2.16. The van der Waals surface area contributed by atoms with Gasteiger partial charge in [0.1, 0.15) is 6.61 Å². The van der Waals surface area contributed by atoms with Crippen LogP contribution in [0.5, 0.6) is 0 Å². The molecule has 0 aliphatic heterocycles. The van der Waals surface area contributed by atoms with Gasteiger partial charge in [-0.25, -0.2) is 9.78 Å². The molecular weight excluding hydrogens is 308 g/mol. The molecule has 0 atom stereocenters. The Hall–Kier alpha value is -2.27. The van der Waals surface area contributed by atoms with Crippen LogP contribution in [0.2, 0.25) is 0 Å². The van der Waals surface area contributed by atoms with E-state index in [0.29, 0.717) is 5.56 Å². The largest absolute Gasteiger partial charge is 0.456 e. The first kappa shape index (κ1) is 14.3. The molecule has 2 aromatic heterocycles. The van der Waals surface area contributed by atoms with Gasteiger partial charge in [-0.3, -0.25) is 4.98 Å². The molecule has 0 spiro atoms. The molecule has 0 amide bonds. The number of esters is 1. The molecule has 1 aromatic carbocycles. The minimum Gasteiger partial charge on any atom is -0.456 e. The maximum Gasteiger partial charge on any atom is 0.339 e. The normalized spacial score (nSPS) is 13.3. The maximum atomic E-state index is 12.7. The number of hydrogen-bond acceptors (Lipinski definition) is 5. The van der Waals surface area contributed by atoms with E-state index >= 15 is 0 Å². The highest BCUT2D eigenvalue weighted by Crippen LogP contribution is 2.30. The average molecular weight is 324 g/mol. The quantitative estimate of drug-likeness (QED) is 0.687. The van der Waals surface area contributed by atoms with E-state index in [2.05, 4.69) is 4.98 Å². The summed E-state index contributed by atoms with van der Waals surface area (Å²) in [6.07, 6.45) is 2.88. The van der Waals surface area contributed by atoms with Gasteiger partial charge in [0, 0.05) is 16.5 Å². The summed E-state index contributed by atoms with van der Waals surface area (Å²) >= 11 is 1.56. The van der Waals surface area contributed by atoms with E-state index in [0.717, 1.165) is 52.1 Å². The molecule has 3 aromatic rings. The lowest BCUT2D eigenvalue weighted by Gasteiger charge is -2.11. The Morgan fingerprint density at radius 1 is 1.26 bits per heavy atom. The van der Waals surface area contributed by atoms with Crippen LogP contribution in [-0.4, -0.2) is 15.9 Å². The lowest BCUT2D eigenvalue weighted by molar-refractivity contribution is 0.0469. The van der Waals surface area contributed by atoms with Gasteiger partial charge in [-0.2, -0.15) is 0 Å². The summed E-state index contributed by atoms with van der Waals surface area (Å²) in [5, 5.41) is 3.79. The van der Waals surface area contributed by atoms with Gasteiger partial charge in [0.05, 0.1) is 21.8 Å². The number of fused-ring (bicyclic) bond motifs is 2. The van der Waals surface area contributed by atoms with Crippen molar-refractivity contribution in [1.82, 2.24) is 9.97 Å². The van der Waals surface area contributed by atoms with Crippen LogP contribution < -0.4 is 0 Å². The highest BCUT2D eigenvalue weighted by Gasteiger charge is 2.24. The maximum absolute atomic E-state index is 12.7. The Morgan fingerprint density at radius 3 is 2.96 bits per heavy atom. The molecule has 1 aliphatic rings. The van der Waals surface area contributed by atoms with E-state index in [1.807, 2.05) is 36.6 Å². The molecule has 23 heavy (non-hydrogen) atoms. The molecule has 1 aliphatic carbocycles. The summed E-state index contributed by atoms with van der Waals surface area (Å²) in [4.78, 5) is 21.8. The Morgan fingerprint density at radius 2 is 2.13 bits per heavy atom. The van der Waals surface area contributed by atoms with Gasteiger partial charge >= 0.3 is 5.97 Å². The highest BCUT2D eigenvalue weighted by molar-refractivity contribution is 7.09. The molecule has 0 bridgehead atoms. The van der Waals surface area contributed by atoms with Crippen molar-refractivity contribution in [1.29, 1.82) is 0 Å². The van der Waals surface area contributed by atoms with Crippen molar-refractivity contribution in [3.8, 4) is 0 Å². The second-order valence-corrected chi connectivity index (χ2v) is 6.78. The van der Waals surface area contributed by atoms with Crippen LogP contribution in [0.25, 0.3) is 10.9 Å². The first-order chi connectivity index (χ1) is 11.2. The molecule has 4 nitrogen and oxygen atoms in total. The van der Waals surface area contributed by atoms with Gasteiger partial charge in [-0.1, -0.05) is 18.2 Å². The SMILES string of the molecule is Cc1nc(COC(=O)c2c3c(nc4ccccc24)CCC3)cs1. The summed E-state index contributed by atoms with van der Waals surface area (Å²) in [5.74, 6) is -0.271. The fourth-order valence-corrected chi connectivity index (χ4v) is 3.73. The molecule has 0 N–H and O–H groups in total. The molecule has 2 heterocycles.